The molecule has 0 bridgehead atoms. The maximum Gasteiger partial charge on any atom is 1.00 e. The standard InChI is InChI=1S/C4H10O2.3Na.H3O4P/c1-2-3-4(5)6;;;;1-5(2,3)4/h4-6H,2-3H2,1H3;;;;(H3,1,2,3,4)/q;3*+1;/p-3. The van der Waals surface area contributed by atoms with E-state index in [0.717, 1.165) is 6.42 Å². The quantitative estimate of drug-likeness (QED) is 0.286. The Morgan fingerprint density at radius 1 is 1.14 bits per heavy atom. The van der Waals surface area contributed by atoms with E-state index < -0.39 is 14.1 Å². The molecule has 70 valence electrons. The number of hydrogen-bond acceptors (Lipinski definition) is 6. The van der Waals surface area contributed by atoms with Gasteiger partial charge in [-0.25, -0.2) is 0 Å². The average Bonchev–Trinajstić information content (AvgIpc) is 1.58. The van der Waals surface area contributed by atoms with Gasteiger partial charge in [-0.05, 0) is 6.42 Å². The minimum atomic E-state index is -5.39. The maximum atomic E-state index is 8.55. The van der Waals surface area contributed by atoms with Crippen LogP contribution in [0.3, 0.4) is 0 Å². The van der Waals surface area contributed by atoms with Gasteiger partial charge in [-0.3, -0.25) is 0 Å². The van der Waals surface area contributed by atoms with E-state index in [1.165, 1.54) is 0 Å². The first-order valence-corrected chi connectivity index (χ1v) is 4.32. The van der Waals surface area contributed by atoms with Crippen molar-refractivity contribution < 1.29 is 118 Å². The van der Waals surface area contributed by atoms with Crippen LogP contribution in [0.1, 0.15) is 19.8 Å². The molecule has 0 atom stereocenters. The fraction of sp³-hybridized carbons (Fsp3) is 1.00. The minimum absolute atomic E-state index is 0. The van der Waals surface area contributed by atoms with E-state index in [0.29, 0.717) is 6.42 Å². The van der Waals surface area contributed by atoms with E-state index in [9.17, 15) is 0 Å². The summed E-state index contributed by atoms with van der Waals surface area (Å²) in [6.45, 7) is 1.90. The molecule has 10 heteroatoms. The minimum Gasteiger partial charge on any atom is -0.822 e. The number of aliphatic hydroxyl groups excluding tert-OH is 1. The Labute approximate surface area is 150 Å². The molecule has 0 aliphatic heterocycles. The third kappa shape index (κ3) is 81.4. The summed E-state index contributed by atoms with van der Waals surface area (Å²) in [5.74, 6) is 0. The third-order valence-corrected chi connectivity index (χ3v) is 0.547. The monoisotopic (exact) mass is 254 g/mol. The summed E-state index contributed by atoms with van der Waals surface area (Å²) in [7, 11) is -5.39. The zero-order valence-electron chi connectivity index (χ0n) is 8.97. The van der Waals surface area contributed by atoms with Crippen molar-refractivity contribution in [3.63, 3.8) is 0 Å². The summed E-state index contributed by atoms with van der Waals surface area (Å²) in [6, 6.07) is 0. The van der Waals surface area contributed by atoms with Gasteiger partial charge < -0.3 is 29.5 Å². The van der Waals surface area contributed by atoms with Crippen LogP contribution in [0, 0.1) is 0 Å². The molecule has 0 saturated carbocycles. The number of hydrogen-bond donors (Lipinski definition) is 2. The van der Waals surface area contributed by atoms with Gasteiger partial charge in [0.15, 0.2) is 6.29 Å². The van der Waals surface area contributed by atoms with Gasteiger partial charge in [0.2, 0.25) is 0 Å². The summed E-state index contributed by atoms with van der Waals surface area (Å²) >= 11 is 0. The summed E-state index contributed by atoms with van der Waals surface area (Å²) in [4.78, 5) is 25.6. The zero-order chi connectivity index (χ0) is 9.49. The summed E-state index contributed by atoms with van der Waals surface area (Å²) in [5.41, 5.74) is 0. The van der Waals surface area contributed by atoms with Crippen LogP contribution in [0.25, 0.3) is 0 Å². The van der Waals surface area contributed by atoms with E-state index in [1.54, 1.807) is 0 Å². The molecule has 0 spiro atoms. The molecule has 0 aliphatic carbocycles. The molecule has 6 nitrogen and oxygen atoms in total. The van der Waals surface area contributed by atoms with Crippen molar-refractivity contribution in [3.8, 4) is 0 Å². The van der Waals surface area contributed by atoms with Crippen LogP contribution in [-0.4, -0.2) is 16.5 Å². The van der Waals surface area contributed by atoms with Crippen molar-refractivity contribution in [2.45, 2.75) is 26.1 Å². The molecule has 0 radical (unpaired) electrons. The average molecular weight is 254 g/mol. The Morgan fingerprint density at radius 3 is 1.36 bits per heavy atom. The van der Waals surface area contributed by atoms with Crippen molar-refractivity contribution in [3.05, 3.63) is 0 Å². The Bertz CT molecular complexity index is 120. The Kier molecular flexibility index (Phi) is 39.7. The number of phosphoric acid groups is 1. The normalized spacial score (nSPS) is 8.50. The van der Waals surface area contributed by atoms with Crippen molar-refractivity contribution in [2.75, 3.05) is 0 Å². The van der Waals surface area contributed by atoms with Gasteiger partial charge in [0.05, 0.1) is 0 Å². The van der Waals surface area contributed by atoms with Crippen LogP contribution in [0.5, 0.6) is 0 Å². The first-order valence-electron chi connectivity index (χ1n) is 2.86. The smallest absolute Gasteiger partial charge is 0.822 e. The van der Waals surface area contributed by atoms with Gasteiger partial charge >= 0.3 is 88.7 Å². The zero-order valence-corrected chi connectivity index (χ0v) is 15.9. The SMILES string of the molecule is CCCC(O)O.O=P([O-])([O-])[O-].[Na+].[Na+].[Na+]. The van der Waals surface area contributed by atoms with Crippen LogP contribution >= 0.6 is 7.82 Å². The Balaban J connectivity index is -0.0000000321. The molecule has 0 heterocycles. The van der Waals surface area contributed by atoms with Crippen LogP contribution in [0.4, 0.5) is 0 Å². The second-order valence-corrected chi connectivity index (χ2v) is 2.61. The first kappa shape index (κ1) is 30.2. The molecule has 0 aromatic carbocycles. The molecule has 14 heavy (non-hydrogen) atoms. The summed E-state index contributed by atoms with van der Waals surface area (Å²) in [5, 5.41) is 16.2. The van der Waals surface area contributed by atoms with Gasteiger partial charge in [0, 0.05) is 0 Å². The summed E-state index contributed by atoms with van der Waals surface area (Å²) in [6.07, 6.45) is 0.215. The van der Waals surface area contributed by atoms with E-state index >= 15 is 0 Å². The van der Waals surface area contributed by atoms with Gasteiger partial charge in [-0.15, -0.1) is 0 Å². The van der Waals surface area contributed by atoms with Crippen molar-refractivity contribution >= 4 is 7.82 Å². The molecule has 0 aromatic rings. The van der Waals surface area contributed by atoms with Gasteiger partial charge in [-0.1, -0.05) is 13.3 Å². The molecule has 0 rings (SSSR count). The van der Waals surface area contributed by atoms with Crippen LogP contribution in [-0.2, 0) is 4.57 Å². The molecule has 0 aromatic heterocycles. The van der Waals surface area contributed by atoms with Gasteiger partial charge in [0.1, 0.15) is 0 Å². The molecule has 2 N–H and O–H groups in total. The molecular formula is C4H10Na3O6P. The van der Waals surface area contributed by atoms with Crippen molar-refractivity contribution in [1.82, 2.24) is 0 Å². The first-order chi connectivity index (χ1) is 4.77. The number of rotatable bonds is 2. The Morgan fingerprint density at radius 2 is 1.36 bits per heavy atom. The predicted octanol–water partition coefficient (Wildman–Crippen LogP) is -11.7. The van der Waals surface area contributed by atoms with E-state index in [4.69, 9.17) is 29.5 Å². The van der Waals surface area contributed by atoms with E-state index in [2.05, 4.69) is 0 Å². The van der Waals surface area contributed by atoms with Crippen LogP contribution in [0.15, 0.2) is 0 Å². The van der Waals surface area contributed by atoms with E-state index in [-0.39, 0.29) is 88.7 Å². The van der Waals surface area contributed by atoms with Crippen LogP contribution < -0.4 is 103 Å². The van der Waals surface area contributed by atoms with Gasteiger partial charge in [-0.2, -0.15) is 7.82 Å². The molecule has 0 aliphatic rings. The maximum absolute atomic E-state index is 8.55. The fourth-order valence-corrected chi connectivity index (χ4v) is 0.258. The van der Waals surface area contributed by atoms with Crippen LogP contribution in [0.2, 0.25) is 0 Å². The van der Waals surface area contributed by atoms with Crippen molar-refractivity contribution in [1.29, 1.82) is 0 Å². The van der Waals surface area contributed by atoms with Gasteiger partial charge in [0.25, 0.3) is 0 Å². The van der Waals surface area contributed by atoms with E-state index in [1.807, 2.05) is 6.92 Å². The largest absolute Gasteiger partial charge is 1.00 e. The fourth-order valence-electron chi connectivity index (χ4n) is 0.258. The van der Waals surface area contributed by atoms with Crippen molar-refractivity contribution in [2.24, 2.45) is 0 Å². The second-order valence-electron chi connectivity index (χ2n) is 1.72. The molecule has 0 unspecified atom stereocenters. The topological polar surface area (TPSA) is 127 Å². The molecule has 0 amide bonds. The third-order valence-electron chi connectivity index (χ3n) is 0.547. The Hall–Kier alpha value is 3.03. The number of aliphatic hydroxyl groups is 2. The molecular weight excluding hydrogens is 244 g/mol. The summed E-state index contributed by atoms with van der Waals surface area (Å²) < 4.78 is 8.55. The predicted molar refractivity (Wildman–Crippen MR) is 30.7 cm³/mol. The second kappa shape index (κ2) is 18.4. The molecule has 0 fully saturated rings. The molecule has 0 saturated heterocycles.